The molecule has 0 bridgehead atoms. The third-order valence-corrected chi connectivity index (χ3v) is 9.93. The number of unbranched alkanes of at least 4 members (excludes halogenated alkanes) is 3. The van der Waals surface area contributed by atoms with Crippen LogP contribution in [-0.4, -0.2) is 57.8 Å². The van der Waals surface area contributed by atoms with Gasteiger partial charge in [0.2, 0.25) is 5.91 Å². The first-order valence-electron chi connectivity index (χ1n) is 18.3. The highest BCUT2D eigenvalue weighted by atomic mass is 16.7. The number of likely N-dealkylation sites (N-methyl/N-ethyl adjacent to an activating group) is 1. The Balaban J connectivity index is 1.25. The highest BCUT2D eigenvalue weighted by Crippen LogP contribution is 2.39. The minimum absolute atomic E-state index is 0.0142. The largest absolute Gasteiger partial charge is 0.481 e. The van der Waals surface area contributed by atoms with E-state index in [2.05, 4.69) is 28.4 Å². The quantitative estimate of drug-likeness (QED) is 0.0784. The van der Waals surface area contributed by atoms with Crippen LogP contribution in [0.1, 0.15) is 98.2 Å². The number of amides is 1. The monoisotopic (exact) mass is 708 g/mol. The number of carboxylic acids is 1. The molecule has 1 heterocycles. The molecule has 9 nitrogen and oxygen atoms in total. The summed E-state index contributed by atoms with van der Waals surface area (Å²) in [5, 5.41) is 32.5. The molecule has 4 aromatic carbocycles. The molecule has 4 aromatic rings. The van der Waals surface area contributed by atoms with E-state index < -0.39 is 18.4 Å². The van der Waals surface area contributed by atoms with Crippen LogP contribution in [-0.2, 0) is 32.2 Å². The van der Waals surface area contributed by atoms with Crippen molar-refractivity contribution in [3.05, 3.63) is 131 Å². The molecule has 0 aliphatic carbocycles. The zero-order valence-electron chi connectivity index (χ0n) is 30.2. The highest BCUT2D eigenvalue weighted by molar-refractivity contribution is 5.76. The summed E-state index contributed by atoms with van der Waals surface area (Å²) in [6.45, 7) is 3.01. The summed E-state index contributed by atoms with van der Waals surface area (Å²) in [7, 11) is 2.01. The number of nitrogens with one attached hydrogen (secondary N) is 1. The van der Waals surface area contributed by atoms with Gasteiger partial charge in [-0.1, -0.05) is 116 Å². The maximum atomic E-state index is 12.6. The first-order valence-corrected chi connectivity index (χ1v) is 18.3. The number of hydrogen-bond acceptors (Lipinski definition) is 7. The molecule has 5 unspecified atom stereocenters. The highest BCUT2D eigenvalue weighted by Gasteiger charge is 2.34. The molecule has 9 heteroatoms. The van der Waals surface area contributed by atoms with Gasteiger partial charge in [-0.25, -0.2) is 0 Å². The van der Waals surface area contributed by atoms with Crippen LogP contribution >= 0.6 is 0 Å². The fourth-order valence-corrected chi connectivity index (χ4v) is 6.66. The van der Waals surface area contributed by atoms with Crippen molar-refractivity contribution in [3.8, 4) is 11.1 Å². The standard InChI is InChI=1S/C43H52N2O7/c1-30(42(50)34-12-6-5-7-13-34)45(2)28-37-26-39(33-20-18-31(29-46)19-21-33)52-43(51-37)35-24-22-32(23-25-35)38-15-11-10-14-36(38)27-44-40(47)16-8-3-4-9-17-41(48)49/h5-7,10-15,18-25,30,37,39,42-43,46,50H,3-4,8-9,16-17,26-29H2,1-2H3,(H,44,47)(H,48,49). The van der Waals surface area contributed by atoms with Gasteiger partial charge in [0.1, 0.15) is 0 Å². The Labute approximate surface area is 307 Å². The lowest BCUT2D eigenvalue weighted by Crippen LogP contribution is -2.43. The SMILES string of the molecule is CC(C(O)c1ccccc1)N(C)CC1CC(c2ccc(CO)cc2)OC(c2ccc(-c3ccccc3CNC(=O)CCCCCCC(=O)O)cc2)O1. The Morgan fingerprint density at radius 1 is 0.827 bits per heavy atom. The summed E-state index contributed by atoms with van der Waals surface area (Å²) in [5.41, 5.74) is 6.67. The zero-order valence-corrected chi connectivity index (χ0v) is 30.2. The molecule has 5 rings (SSSR count). The Morgan fingerprint density at radius 3 is 2.17 bits per heavy atom. The number of carboxylic acid groups (broad SMARTS) is 1. The molecule has 1 saturated heterocycles. The second-order valence-electron chi connectivity index (χ2n) is 13.7. The number of hydrogen-bond donors (Lipinski definition) is 4. The molecule has 1 amide bonds. The molecule has 0 aromatic heterocycles. The predicted octanol–water partition coefficient (Wildman–Crippen LogP) is 7.49. The van der Waals surface area contributed by atoms with Gasteiger partial charge >= 0.3 is 5.97 Å². The number of nitrogens with zero attached hydrogens (tertiary/aromatic N) is 1. The molecule has 52 heavy (non-hydrogen) atoms. The molecule has 1 fully saturated rings. The maximum absolute atomic E-state index is 12.6. The van der Waals surface area contributed by atoms with Crippen LogP contribution in [0.25, 0.3) is 11.1 Å². The lowest BCUT2D eigenvalue weighted by atomic mass is 9.97. The second kappa shape index (κ2) is 19.5. The first-order chi connectivity index (χ1) is 25.2. The van der Waals surface area contributed by atoms with E-state index in [1.807, 2.05) is 98.9 Å². The summed E-state index contributed by atoms with van der Waals surface area (Å²) in [6, 6.07) is 33.6. The zero-order chi connectivity index (χ0) is 36.9. The smallest absolute Gasteiger partial charge is 0.303 e. The van der Waals surface area contributed by atoms with E-state index in [0.29, 0.717) is 32.4 Å². The van der Waals surface area contributed by atoms with Crippen LogP contribution in [0.4, 0.5) is 0 Å². The van der Waals surface area contributed by atoms with E-state index in [4.69, 9.17) is 14.6 Å². The van der Waals surface area contributed by atoms with Gasteiger partial charge in [-0.05, 0) is 60.2 Å². The van der Waals surface area contributed by atoms with Crippen molar-refractivity contribution in [1.29, 1.82) is 0 Å². The van der Waals surface area contributed by atoms with Crippen molar-refractivity contribution in [3.63, 3.8) is 0 Å². The average Bonchev–Trinajstić information content (AvgIpc) is 3.18. The van der Waals surface area contributed by atoms with Crippen molar-refractivity contribution in [2.75, 3.05) is 13.6 Å². The minimum Gasteiger partial charge on any atom is -0.481 e. The first kappa shape index (κ1) is 38.8. The van der Waals surface area contributed by atoms with Gasteiger partial charge in [-0.2, -0.15) is 0 Å². The molecular formula is C43H52N2O7. The number of rotatable bonds is 18. The normalized spacial score (nSPS) is 18.5. The van der Waals surface area contributed by atoms with Crippen molar-refractivity contribution >= 4 is 11.9 Å². The van der Waals surface area contributed by atoms with Crippen LogP contribution in [0, 0.1) is 0 Å². The fraction of sp³-hybridized carbons (Fsp3) is 0.395. The van der Waals surface area contributed by atoms with Gasteiger partial charge < -0.3 is 30.1 Å². The van der Waals surface area contributed by atoms with Crippen LogP contribution < -0.4 is 5.32 Å². The molecule has 4 N–H and O–H groups in total. The van der Waals surface area contributed by atoms with Gasteiger partial charge in [0.25, 0.3) is 0 Å². The molecule has 0 saturated carbocycles. The number of aliphatic hydroxyl groups is 2. The van der Waals surface area contributed by atoms with E-state index in [-0.39, 0.29) is 37.2 Å². The maximum Gasteiger partial charge on any atom is 0.303 e. The molecular weight excluding hydrogens is 656 g/mol. The third kappa shape index (κ3) is 11.1. The summed E-state index contributed by atoms with van der Waals surface area (Å²) in [4.78, 5) is 25.4. The summed E-state index contributed by atoms with van der Waals surface area (Å²) in [6.07, 6.45) is 2.58. The molecule has 1 aliphatic heterocycles. The average molecular weight is 709 g/mol. The van der Waals surface area contributed by atoms with E-state index in [0.717, 1.165) is 58.2 Å². The van der Waals surface area contributed by atoms with Gasteiger partial charge in [0, 0.05) is 44.0 Å². The Hall–Kier alpha value is -4.38. The number of carbonyl (C=O) groups is 2. The van der Waals surface area contributed by atoms with Gasteiger partial charge in [0.15, 0.2) is 6.29 Å². The molecule has 5 atom stereocenters. The van der Waals surface area contributed by atoms with Crippen molar-refractivity contribution in [1.82, 2.24) is 10.2 Å². The van der Waals surface area contributed by atoms with Crippen LogP contribution in [0.2, 0.25) is 0 Å². The fourth-order valence-electron chi connectivity index (χ4n) is 6.66. The van der Waals surface area contributed by atoms with Gasteiger partial charge in [-0.3, -0.25) is 14.5 Å². The van der Waals surface area contributed by atoms with E-state index >= 15 is 0 Å². The summed E-state index contributed by atoms with van der Waals surface area (Å²) < 4.78 is 13.2. The summed E-state index contributed by atoms with van der Waals surface area (Å²) >= 11 is 0. The van der Waals surface area contributed by atoms with E-state index in [9.17, 15) is 19.8 Å². The van der Waals surface area contributed by atoms with Crippen LogP contribution in [0.15, 0.2) is 103 Å². The Kier molecular flexibility index (Phi) is 14.5. The lowest BCUT2D eigenvalue weighted by Gasteiger charge is -2.39. The number of benzene rings is 4. The van der Waals surface area contributed by atoms with Crippen molar-refractivity contribution in [2.24, 2.45) is 0 Å². The lowest BCUT2D eigenvalue weighted by molar-refractivity contribution is -0.253. The number of ether oxygens (including phenoxy) is 2. The number of aliphatic hydroxyl groups excluding tert-OH is 2. The molecule has 1 aliphatic rings. The Bertz CT molecular complexity index is 1700. The van der Waals surface area contributed by atoms with E-state index in [1.54, 1.807) is 0 Å². The van der Waals surface area contributed by atoms with Crippen LogP contribution in [0.3, 0.4) is 0 Å². The van der Waals surface area contributed by atoms with Gasteiger partial charge in [0.05, 0.1) is 24.9 Å². The van der Waals surface area contributed by atoms with Crippen molar-refractivity contribution in [2.45, 2.75) is 95.7 Å². The van der Waals surface area contributed by atoms with Crippen molar-refractivity contribution < 1.29 is 34.4 Å². The second-order valence-corrected chi connectivity index (χ2v) is 13.7. The minimum atomic E-state index is -0.781. The molecule has 0 spiro atoms. The van der Waals surface area contributed by atoms with E-state index in [1.165, 1.54) is 0 Å². The Morgan fingerprint density at radius 2 is 1.48 bits per heavy atom. The topological polar surface area (TPSA) is 129 Å². The van der Waals surface area contributed by atoms with Gasteiger partial charge in [-0.15, -0.1) is 0 Å². The number of aliphatic carboxylic acids is 1. The number of carbonyl (C=O) groups excluding carboxylic acids is 1. The van der Waals surface area contributed by atoms with Crippen LogP contribution in [0.5, 0.6) is 0 Å². The predicted molar refractivity (Wildman–Crippen MR) is 201 cm³/mol. The third-order valence-electron chi connectivity index (χ3n) is 9.93. The molecule has 0 radical (unpaired) electrons. The summed E-state index contributed by atoms with van der Waals surface area (Å²) in [5.74, 6) is -0.795. The molecule has 276 valence electrons.